The zero-order valence-corrected chi connectivity index (χ0v) is 14.6. The first-order chi connectivity index (χ1) is 13.4. The highest BCUT2D eigenvalue weighted by Crippen LogP contribution is 2.29. The van der Waals surface area contributed by atoms with Gasteiger partial charge in [-0.1, -0.05) is 6.07 Å². The van der Waals surface area contributed by atoms with Crippen molar-refractivity contribution in [3.05, 3.63) is 66.0 Å². The number of aromatic nitrogens is 5. The molecular weight excluding hydrogens is 371 g/mol. The van der Waals surface area contributed by atoms with E-state index in [-0.39, 0.29) is 14.2 Å². The van der Waals surface area contributed by atoms with Gasteiger partial charge in [0.1, 0.15) is 23.8 Å². The Morgan fingerprint density at radius 3 is 2.71 bits per heavy atom. The summed E-state index contributed by atoms with van der Waals surface area (Å²) in [7, 11) is 0. The number of fused-ring (bicyclic) bond motifs is 1. The van der Waals surface area contributed by atoms with Gasteiger partial charge in [0, 0.05) is 20.5 Å². The molecule has 146 valence electrons. The minimum atomic E-state index is -0.660. The zero-order chi connectivity index (χ0) is 19.8. The van der Waals surface area contributed by atoms with Crippen molar-refractivity contribution in [2.75, 3.05) is 11.1 Å². The molecule has 0 bridgehead atoms. The average molecular weight is 389 g/mol. The second-order valence-electron chi connectivity index (χ2n) is 6.12. The van der Waals surface area contributed by atoms with Crippen molar-refractivity contribution in [1.82, 2.24) is 24.6 Å². The molecule has 0 spiro atoms. The molecule has 0 aliphatic rings. The molecule has 4 rings (SSSR count). The number of hydrogen-bond acceptors (Lipinski definition) is 6. The Labute approximate surface area is 160 Å². The van der Waals surface area contributed by atoms with E-state index in [1.54, 1.807) is 13.0 Å². The van der Waals surface area contributed by atoms with Crippen LogP contribution in [0.4, 0.5) is 24.8 Å². The molecule has 10 heteroatoms. The number of benzene rings is 1. The lowest BCUT2D eigenvalue weighted by atomic mass is 10.1. The topological polar surface area (TPSA) is 94.0 Å². The summed E-state index contributed by atoms with van der Waals surface area (Å²) >= 11 is 0. The minimum Gasteiger partial charge on any atom is -0.382 e. The van der Waals surface area contributed by atoms with Crippen molar-refractivity contribution >= 4 is 17.3 Å². The first-order valence-electron chi connectivity index (χ1n) is 8.25. The molecule has 0 saturated heterocycles. The van der Waals surface area contributed by atoms with Crippen molar-refractivity contribution in [2.45, 2.75) is 13.0 Å². The van der Waals surface area contributed by atoms with Gasteiger partial charge in [-0.25, -0.2) is 32.6 Å². The number of hydrogen-bond donors (Lipinski definition) is 2. The van der Waals surface area contributed by atoms with Gasteiger partial charge in [0.25, 0.3) is 0 Å². The van der Waals surface area contributed by atoms with Crippen LogP contribution in [0.25, 0.3) is 16.9 Å². The van der Waals surface area contributed by atoms with Gasteiger partial charge >= 0.3 is 0 Å². The molecule has 3 aromatic heterocycles. The third-order valence-electron chi connectivity index (χ3n) is 4.18. The normalized spacial score (nSPS) is 12.3. The van der Waals surface area contributed by atoms with E-state index in [9.17, 15) is 13.2 Å². The maximum Gasteiger partial charge on any atom is 0.166 e. The first-order valence-corrected chi connectivity index (χ1v) is 8.25. The van der Waals surface area contributed by atoms with Crippen LogP contribution in [0.5, 0.6) is 0 Å². The highest BCUT2D eigenvalue weighted by Gasteiger charge is 2.17. The van der Waals surface area contributed by atoms with E-state index in [0.29, 0.717) is 22.7 Å². The molecule has 4 aromatic rings. The Balaban J connectivity index is 0.00000160. The van der Waals surface area contributed by atoms with Crippen LogP contribution in [0, 0.1) is 17.5 Å². The molecule has 0 aliphatic heterocycles. The Bertz CT molecular complexity index is 1190. The number of halogens is 3. The van der Waals surface area contributed by atoms with E-state index < -0.39 is 23.5 Å². The highest BCUT2D eigenvalue weighted by molar-refractivity contribution is 5.84. The van der Waals surface area contributed by atoms with Crippen LogP contribution >= 0.6 is 0 Å². The third-order valence-corrected chi connectivity index (χ3v) is 4.18. The molecule has 28 heavy (non-hydrogen) atoms. The van der Waals surface area contributed by atoms with E-state index >= 15 is 0 Å². The Morgan fingerprint density at radius 2 is 1.93 bits per heavy atom. The highest BCUT2D eigenvalue weighted by atomic mass is 19.1. The molecular formula is C18H18F3N7. The number of anilines is 2. The van der Waals surface area contributed by atoms with Crippen molar-refractivity contribution in [3.63, 3.8) is 0 Å². The molecule has 1 aromatic carbocycles. The summed E-state index contributed by atoms with van der Waals surface area (Å²) in [4.78, 5) is 12.3. The summed E-state index contributed by atoms with van der Waals surface area (Å²) in [6.45, 7) is 1.71. The Morgan fingerprint density at radius 1 is 1.11 bits per heavy atom. The van der Waals surface area contributed by atoms with Crippen molar-refractivity contribution in [1.29, 1.82) is 0 Å². The van der Waals surface area contributed by atoms with Crippen LogP contribution in [0.2, 0.25) is 0 Å². The summed E-state index contributed by atoms with van der Waals surface area (Å²) in [5.74, 6) is -1.35. The molecule has 0 unspecified atom stereocenters. The van der Waals surface area contributed by atoms with Gasteiger partial charge in [0.2, 0.25) is 0 Å². The first kappa shape index (κ1) is 17.7. The quantitative estimate of drug-likeness (QED) is 0.551. The van der Waals surface area contributed by atoms with Crippen molar-refractivity contribution < 1.29 is 16.0 Å². The van der Waals surface area contributed by atoms with Crippen LogP contribution in [0.3, 0.4) is 0 Å². The fraction of sp³-hybridized carbons (Fsp3) is 0.111. The molecule has 0 aliphatic carbocycles. The van der Waals surface area contributed by atoms with Gasteiger partial charge in [0.15, 0.2) is 17.3 Å². The molecule has 3 heterocycles. The van der Waals surface area contributed by atoms with Gasteiger partial charge in [-0.2, -0.15) is 0 Å². The van der Waals surface area contributed by atoms with E-state index in [0.717, 1.165) is 18.5 Å². The standard InChI is InChI=1S/C18H14F3N7.2H2/c1-9(12-3-2-10(19)4-13(12)21)26-15-5-14(24-8-25-15)16-17(22)27-28-7-11(20)6-23-18(16)28;;/h2-9H,1H3,(H2,22,27)(H,24,25,26);2*1H/t9-;;/m0../s1. The number of rotatable bonds is 4. The van der Waals surface area contributed by atoms with Gasteiger partial charge in [-0.05, 0) is 13.0 Å². The number of nitrogens with one attached hydrogen (secondary N) is 1. The summed E-state index contributed by atoms with van der Waals surface area (Å²) in [5, 5.41) is 7.07. The van der Waals surface area contributed by atoms with Crippen LogP contribution in [0.1, 0.15) is 21.4 Å². The van der Waals surface area contributed by atoms with Gasteiger partial charge in [-0.15, -0.1) is 5.10 Å². The van der Waals surface area contributed by atoms with Crippen LogP contribution < -0.4 is 11.1 Å². The predicted octanol–water partition coefficient (Wildman–Crippen LogP) is 3.85. The maximum atomic E-state index is 14.0. The predicted molar refractivity (Wildman–Crippen MR) is 101 cm³/mol. The summed E-state index contributed by atoms with van der Waals surface area (Å²) in [6, 6.07) is 4.48. The smallest absolute Gasteiger partial charge is 0.166 e. The van der Waals surface area contributed by atoms with Gasteiger partial charge in [-0.3, -0.25) is 0 Å². The van der Waals surface area contributed by atoms with Crippen LogP contribution in [0.15, 0.2) is 43.0 Å². The minimum absolute atomic E-state index is 0. The van der Waals surface area contributed by atoms with E-state index in [4.69, 9.17) is 5.73 Å². The van der Waals surface area contributed by atoms with Crippen molar-refractivity contribution in [3.8, 4) is 11.3 Å². The lowest BCUT2D eigenvalue weighted by molar-refractivity contribution is 0.566. The zero-order valence-electron chi connectivity index (χ0n) is 14.6. The summed E-state index contributed by atoms with van der Waals surface area (Å²) in [5.41, 5.74) is 7.41. The second-order valence-corrected chi connectivity index (χ2v) is 6.12. The van der Waals surface area contributed by atoms with Crippen molar-refractivity contribution in [2.24, 2.45) is 0 Å². The fourth-order valence-corrected chi connectivity index (χ4v) is 2.90. The molecule has 0 fully saturated rings. The monoisotopic (exact) mass is 389 g/mol. The summed E-state index contributed by atoms with van der Waals surface area (Å²) < 4.78 is 41.7. The SMILES string of the molecule is C[C@H](Nc1cc(-c2c(N)nn3cc(F)cnc23)ncn1)c1ccc(F)cc1F.[HH].[HH]. The number of nitrogens with zero attached hydrogens (tertiary/aromatic N) is 5. The third kappa shape index (κ3) is 3.20. The molecule has 3 N–H and O–H groups in total. The molecule has 0 saturated carbocycles. The Hall–Kier alpha value is -3.69. The second kappa shape index (κ2) is 6.80. The maximum absolute atomic E-state index is 14.0. The number of nitrogens with two attached hydrogens (primary N) is 1. The largest absolute Gasteiger partial charge is 0.382 e. The molecule has 7 nitrogen and oxygen atoms in total. The molecule has 1 atom stereocenters. The Kier molecular flexibility index (Phi) is 4.30. The summed E-state index contributed by atoms with van der Waals surface area (Å²) in [6.07, 6.45) is 3.51. The number of nitrogen functional groups attached to an aromatic ring is 1. The lowest BCUT2D eigenvalue weighted by Crippen LogP contribution is -2.10. The van der Waals surface area contributed by atoms with E-state index in [1.807, 2.05) is 0 Å². The van der Waals surface area contributed by atoms with E-state index in [2.05, 4.69) is 25.4 Å². The average Bonchev–Trinajstić information content (AvgIpc) is 2.96. The lowest BCUT2D eigenvalue weighted by Gasteiger charge is -2.16. The van der Waals surface area contributed by atoms with Gasteiger partial charge < -0.3 is 11.1 Å². The fourth-order valence-electron chi connectivity index (χ4n) is 2.90. The van der Waals surface area contributed by atoms with E-state index in [1.165, 1.54) is 23.0 Å². The molecule has 0 radical (unpaired) electrons. The molecule has 0 amide bonds. The van der Waals surface area contributed by atoms with Crippen LogP contribution in [-0.4, -0.2) is 24.6 Å². The van der Waals surface area contributed by atoms with Crippen LogP contribution in [-0.2, 0) is 0 Å². The van der Waals surface area contributed by atoms with Gasteiger partial charge in [0.05, 0.1) is 29.7 Å².